The van der Waals surface area contributed by atoms with Crippen LogP contribution in [-0.2, 0) is 0 Å². The molecule has 0 amide bonds. The summed E-state index contributed by atoms with van der Waals surface area (Å²) >= 11 is 0. The Morgan fingerprint density at radius 2 is 2.12 bits per heavy atom. The van der Waals surface area contributed by atoms with E-state index >= 15 is 0 Å². The summed E-state index contributed by atoms with van der Waals surface area (Å²) in [5.41, 5.74) is 8.03. The molecule has 0 bridgehead atoms. The third kappa shape index (κ3) is 1.49. The minimum atomic E-state index is 0.669. The van der Waals surface area contributed by atoms with Crippen molar-refractivity contribution in [1.29, 1.82) is 0 Å². The second-order valence-electron chi connectivity index (χ2n) is 3.93. The quantitative estimate of drug-likeness (QED) is 0.694. The summed E-state index contributed by atoms with van der Waals surface area (Å²) in [6, 6.07) is 6.29. The second-order valence-corrected chi connectivity index (χ2v) is 3.93. The number of fused-ring (bicyclic) bond motifs is 1. The highest BCUT2D eigenvalue weighted by atomic mass is 16.4. The summed E-state index contributed by atoms with van der Waals surface area (Å²) in [5.74, 6) is 0. The number of oxazole rings is 1. The van der Waals surface area contributed by atoms with E-state index in [4.69, 9.17) is 10.2 Å². The molecule has 0 spiro atoms. The molecule has 1 aliphatic heterocycles. The van der Waals surface area contributed by atoms with E-state index in [0.717, 1.165) is 37.3 Å². The molecule has 1 fully saturated rings. The number of aromatic nitrogens is 1. The first-order valence-corrected chi connectivity index (χ1v) is 5.45. The van der Waals surface area contributed by atoms with Crippen LogP contribution in [0.1, 0.15) is 0 Å². The van der Waals surface area contributed by atoms with Gasteiger partial charge >= 0.3 is 0 Å². The van der Waals surface area contributed by atoms with Gasteiger partial charge in [-0.2, -0.15) is 4.98 Å². The van der Waals surface area contributed by atoms with Crippen molar-refractivity contribution >= 4 is 22.8 Å². The molecule has 1 aromatic heterocycles. The van der Waals surface area contributed by atoms with Gasteiger partial charge in [-0.1, -0.05) is 6.07 Å². The predicted molar refractivity (Wildman–Crippen MR) is 63.5 cm³/mol. The molecule has 0 atom stereocenters. The number of piperazine rings is 1. The first-order chi connectivity index (χ1) is 7.84. The lowest BCUT2D eigenvalue weighted by Crippen LogP contribution is -2.43. The van der Waals surface area contributed by atoms with Gasteiger partial charge in [0.2, 0.25) is 0 Å². The molecule has 1 saturated heterocycles. The normalized spacial score (nSPS) is 16.9. The standard InChI is InChI=1S/C11H14N4O/c12-8-2-1-3-9-10(8)14-11(16-9)15-6-4-13-5-7-15/h1-3,13H,4-7,12H2. The van der Waals surface area contributed by atoms with E-state index in [1.54, 1.807) is 0 Å². The lowest BCUT2D eigenvalue weighted by atomic mass is 10.3. The van der Waals surface area contributed by atoms with Gasteiger partial charge in [0.25, 0.3) is 6.01 Å². The SMILES string of the molecule is Nc1cccc2oc(N3CCNCC3)nc12. The van der Waals surface area contributed by atoms with Crippen molar-refractivity contribution in [3.63, 3.8) is 0 Å². The number of nitrogens with two attached hydrogens (primary N) is 1. The molecule has 16 heavy (non-hydrogen) atoms. The summed E-state index contributed by atoms with van der Waals surface area (Å²) in [6.07, 6.45) is 0. The van der Waals surface area contributed by atoms with Crippen molar-refractivity contribution < 1.29 is 4.42 Å². The monoisotopic (exact) mass is 218 g/mol. The van der Waals surface area contributed by atoms with Gasteiger partial charge in [0.1, 0.15) is 5.52 Å². The fraction of sp³-hybridized carbons (Fsp3) is 0.364. The van der Waals surface area contributed by atoms with Crippen molar-refractivity contribution in [2.75, 3.05) is 36.8 Å². The van der Waals surface area contributed by atoms with Crippen LogP contribution in [0.15, 0.2) is 22.6 Å². The van der Waals surface area contributed by atoms with Gasteiger partial charge < -0.3 is 20.4 Å². The van der Waals surface area contributed by atoms with Crippen LogP contribution < -0.4 is 16.0 Å². The Bertz CT molecular complexity index is 502. The molecule has 0 unspecified atom stereocenters. The number of nitrogen functional groups attached to an aromatic ring is 1. The molecule has 84 valence electrons. The van der Waals surface area contributed by atoms with Crippen LogP contribution in [0.25, 0.3) is 11.1 Å². The minimum absolute atomic E-state index is 0.669. The topological polar surface area (TPSA) is 67.3 Å². The number of rotatable bonds is 1. The van der Waals surface area contributed by atoms with Gasteiger partial charge in [0.05, 0.1) is 5.69 Å². The molecule has 5 nitrogen and oxygen atoms in total. The average Bonchev–Trinajstić information content (AvgIpc) is 2.76. The number of hydrogen-bond donors (Lipinski definition) is 2. The van der Waals surface area contributed by atoms with Crippen LogP contribution in [0.2, 0.25) is 0 Å². The Balaban J connectivity index is 2.01. The van der Waals surface area contributed by atoms with Crippen LogP contribution in [-0.4, -0.2) is 31.2 Å². The summed E-state index contributed by atoms with van der Waals surface area (Å²) in [5, 5.41) is 3.29. The maximum absolute atomic E-state index is 5.85. The molecule has 0 aliphatic carbocycles. The van der Waals surface area contributed by atoms with Crippen LogP contribution in [0.4, 0.5) is 11.7 Å². The number of hydrogen-bond acceptors (Lipinski definition) is 5. The van der Waals surface area contributed by atoms with Crippen molar-refractivity contribution in [2.45, 2.75) is 0 Å². The Morgan fingerprint density at radius 1 is 1.31 bits per heavy atom. The van der Waals surface area contributed by atoms with Crippen molar-refractivity contribution in [1.82, 2.24) is 10.3 Å². The summed E-state index contributed by atoms with van der Waals surface area (Å²) in [6.45, 7) is 3.78. The minimum Gasteiger partial charge on any atom is -0.423 e. The van der Waals surface area contributed by atoms with Gasteiger partial charge in [-0.3, -0.25) is 0 Å². The molecule has 1 aromatic carbocycles. The molecule has 3 rings (SSSR count). The summed E-state index contributed by atoms with van der Waals surface area (Å²) in [7, 11) is 0. The largest absolute Gasteiger partial charge is 0.423 e. The average molecular weight is 218 g/mol. The van der Waals surface area contributed by atoms with Crippen LogP contribution >= 0.6 is 0 Å². The molecule has 1 aliphatic rings. The van der Waals surface area contributed by atoms with Gasteiger partial charge in [-0.25, -0.2) is 0 Å². The fourth-order valence-corrected chi connectivity index (χ4v) is 1.95. The van der Waals surface area contributed by atoms with Gasteiger partial charge in [-0.05, 0) is 12.1 Å². The van der Waals surface area contributed by atoms with E-state index in [0.29, 0.717) is 11.7 Å². The maximum Gasteiger partial charge on any atom is 0.298 e. The van der Waals surface area contributed by atoms with Gasteiger partial charge in [0.15, 0.2) is 5.58 Å². The highest BCUT2D eigenvalue weighted by Crippen LogP contribution is 2.25. The zero-order valence-corrected chi connectivity index (χ0v) is 8.94. The maximum atomic E-state index is 5.85. The Labute approximate surface area is 93.2 Å². The zero-order valence-electron chi connectivity index (χ0n) is 8.94. The van der Waals surface area contributed by atoms with E-state index < -0.39 is 0 Å². The first-order valence-electron chi connectivity index (χ1n) is 5.45. The van der Waals surface area contributed by atoms with Crippen LogP contribution in [0, 0.1) is 0 Å². The van der Waals surface area contributed by atoms with Crippen LogP contribution in [0.5, 0.6) is 0 Å². The lowest BCUT2D eigenvalue weighted by molar-refractivity contribution is 0.517. The van der Waals surface area contributed by atoms with E-state index in [1.165, 1.54) is 0 Å². The van der Waals surface area contributed by atoms with Crippen LogP contribution in [0.3, 0.4) is 0 Å². The van der Waals surface area contributed by atoms with E-state index in [-0.39, 0.29) is 0 Å². The second kappa shape index (κ2) is 3.68. The van der Waals surface area contributed by atoms with Crippen molar-refractivity contribution in [3.8, 4) is 0 Å². The molecule has 2 aromatic rings. The Hall–Kier alpha value is -1.75. The molecule has 2 heterocycles. The van der Waals surface area contributed by atoms with E-state index in [9.17, 15) is 0 Å². The van der Waals surface area contributed by atoms with Gasteiger partial charge in [-0.15, -0.1) is 0 Å². The first kappa shape index (κ1) is 9.47. The smallest absolute Gasteiger partial charge is 0.298 e. The zero-order chi connectivity index (χ0) is 11.0. The summed E-state index contributed by atoms with van der Waals surface area (Å²) < 4.78 is 5.70. The lowest BCUT2D eigenvalue weighted by Gasteiger charge is -2.25. The Morgan fingerprint density at radius 3 is 2.88 bits per heavy atom. The number of para-hydroxylation sites is 1. The van der Waals surface area contributed by atoms with E-state index in [1.807, 2.05) is 18.2 Å². The predicted octanol–water partition coefficient (Wildman–Crippen LogP) is 0.820. The molecule has 0 radical (unpaired) electrons. The number of benzene rings is 1. The molecule has 5 heteroatoms. The molecular weight excluding hydrogens is 204 g/mol. The third-order valence-corrected chi connectivity index (χ3v) is 2.83. The number of nitrogens with one attached hydrogen (secondary N) is 1. The molecular formula is C11H14N4O. The third-order valence-electron chi connectivity index (χ3n) is 2.83. The Kier molecular flexibility index (Phi) is 2.18. The van der Waals surface area contributed by atoms with Crippen molar-refractivity contribution in [2.24, 2.45) is 0 Å². The van der Waals surface area contributed by atoms with Crippen molar-refractivity contribution in [3.05, 3.63) is 18.2 Å². The molecule has 3 N–H and O–H groups in total. The fourth-order valence-electron chi connectivity index (χ4n) is 1.95. The number of nitrogens with zero attached hydrogens (tertiary/aromatic N) is 2. The van der Waals surface area contributed by atoms with E-state index in [2.05, 4.69) is 15.2 Å². The van der Waals surface area contributed by atoms with Gasteiger partial charge in [0, 0.05) is 26.2 Å². The highest BCUT2D eigenvalue weighted by Gasteiger charge is 2.16. The highest BCUT2D eigenvalue weighted by molar-refractivity contribution is 5.86. The summed E-state index contributed by atoms with van der Waals surface area (Å²) in [4.78, 5) is 6.58. The molecule has 0 saturated carbocycles. The number of anilines is 2.